The van der Waals surface area contributed by atoms with Gasteiger partial charge in [0.1, 0.15) is 0 Å². The van der Waals surface area contributed by atoms with Crippen LogP contribution in [0.2, 0.25) is 10.0 Å². The molecule has 1 amide bonds. The lowest BCUT2D eigenvalue weighted by Crippen LogP contribution is -2.37. The second-order valence-corrected chi connectivity index (χ2v) is 5.85. The summed E-state index contributed by atoms with van der Waals surface area (Å²) in [6.07, 6.45) is 0.836. The minimum Gasteiger partial charge on any atom is -0.469 e. The van der Waals surface area contributed by atoms with E-state index in [1.165, 1.54) is 7.11 Å². The zero-order valence-electron chi connectivity index (χ0n) is 13.1. The number of nitrogens with zero attached hydrogens (tertiary/aromatic N) is 1. The van der Waals surface area contributed by atoms with Crippen LogP contribution in [-0.4, -0.2) is 37.0 Å². The zero-order chi connectivity index (χ0) is 16.7. The predicted octanol–water partition coefficient (Wildman–Crippen LogP) is 3.58. The van der Waals surface area contributed by atoms with E-state index < -0.39 is 0 Å². The quantitative estimate of drug-likeness (QED) is 0.709. The van der Waals surface area contributed by atoms with Crippen LogP contribution in [0.4, 0.5) is 0 Å². The summed E-state index contributed by atoms with van der Waals surface area (Å²) >= 11 is 12.1. The Morgan fingerprint density at radius 2 is 2.00 bits per heavy atom. The maximum absolute atomic E-state index is 12.3. The second-order valence-electron chi connectivity index (χ2n) is 5.07. The van der Waals surface area contributed by atoms with Gasteiger partial charge in [0.05, 0.1) is 23.1 Å². The van der Waals surface area contributed by atoms with Crippen molar-refractivity contribution in [2.24, 2.45) is 5.92 Å². The monoisotopic (exact) mass is 345 g/mol. The van der Waals surface area contributed by atoms with Gasteiger partial charge in [-0.1, -0.05) is 42.3 Å². The number of halogens is 2. The molecule has 0 spiro atoms. The highest BCUT2D eigenvalue weighted by molar-refractivity contribution is 6.42. The summed E-state index contributed by atoms with van der Waals surface area (Å²) in [5.74, 6) is -0.679. The Balaban J connectivity index is 2.62. The van der Waals surface area contributed by atoms with Crippen LogP contribution in [0.15, 0.2) is 18.2 Å². The topological polar surface area (TPSA) is 46.6 Å². The summed E-state index contributed by atoms with van der Waals surface area (Å²) in [6, 6.07) is 5.38. The van der Waals surface area contributed by atoms with Gasteiger partial charge in [0.2, 0.25) is 5.91 Å². The molecular formula is C16H21Cl2NO3. The third-order valence-corrected chi connectivity index (χ3v) is 4.33. The van der Waals surface area contributed by atoms with E-state index >= 15 is 0 Å². The van der Waals surface area contributed by atoms with Crippen LogP contribution in [0, 0.1) is 5.92 Å². The third kappa shape index (κ3) is 5.18. The van der Waals surface area contributed by atoms with E-state index in [4.69, 9.17) is 23.2 Å². The molecule has 1 rings (SSSR count). The Hall–Kier alpha value is -1.26. The summed E-state index contributed by atoms with van der Waals surface area (Å²) < 4.78 is 4.69. The number of benzene rings is 1. The van der Waals surface area contributed by atoms with Crippen molar-refractivity contribution in [2.45, 2.75) is 26.7 Å². The molecule has 22 heavy (non-hydrogen) atoms. The maximum atomic E-state index is 12.3. The van der Waals surface area contributed by atoms with E-state index in [0.29, 0.717) is 36.0 Å². The summed E-state index contributed by atoms with van der Waals surface area (Å²) in [4.78, 5) is 25.4. The number of carbonyl (C=O) groups excluding carboxylic acids is 2. The number of aryl methyl sites for hydroxylation is 1. The lowest BCUT2D eigenvalue weighted by molar-refractivity contribution is -0.146. The molecule has 0 fully saturated rings. The number of carbonyl (C=O) groups is 2. The van der Waals surface area contributed by atoms with E-state index in [2.05, 4.69) is 4.74 Å². The van der Waals surface area contributed by atoms with Crippen LogP contribution in [-0.2, 0) is 20.7 Å². The summed E-state index contributed by atoms with van der Waals surface area (Å²) in [6.45, 7) is 4.53. The van der Waals surface area contributed by atoms with Gasteiger partial charge in [-0.25, -0.2) is 0 Å². The van der Waals surface area contributed by atoms with Crippen molar-refractivity contribution in [3.05, 3.63) is 33.8 Å². The number of methoxy groups -OCH3 is 1. The SMILES string of the molecule is CCN(CC(C)C(=O)OC)C(=O)CCc1cccc(Cl)c1Cl. The lowest BCUT2D eigenvalue weighted by atomic mass is 10.1. The molecule has 1 aromatic rings. The fourth-order valence-corrected chi connectivity index (χ4v) is 2.57. The molecule has 0 N–H and O–H groups in total. The van der Waals surface area contributed by atoms with Crippen molar-refractivity contribution >= 4 is 35.1 Å². The van der Waals surface area contributed by atoms with Crippen LogP contribution >= 0.6 is 23.2 Å². The lowest BCUT2D eigenvalue weighted by Gasteiger charge is -2.23. The molecule has 1 unspecified atom stereocenters. The van der Waals surface area contributed by atoms with Gasteiger partial charge >= 0.3 is 5.97 Å². The first-order valence-corrected chi connectivity index (χ1v) is 7.94. The van der Waals surface area contributed by atoms with Crippen LogP contribution in [0.25, 0.3) is 0 Å². The van der Waals surface area contributed by atoms with Gasteiger partial charge in [-0.15, -0.1) is 0 Å². The molecule has 0 aliphatic heterocycles. The molecule has 0 bridgehead atoms. The van der Waals surface area contributed by atoms with Gasteiger partial charge in [0, 0.05) is 19.5 Å². The Morgan fingerprint density at radius 3 is 2.59 bits per heavy atom. The van der Waals surface area contributed by atoms with Crippen LogP contribution in [0.5, 0.6) is 0 Å². The average molecular weight is 346 g/mol. The van der Waals surface area contributed by atoms with E-state index in [1.54, 1.807) is 17.9 Å². The van der Waals surface area contributed by atoms with Gasteiger partial charge in [-0.05, 0) is 25.0 Å². The number of amides is 1. The molecule has 1 aromatic carbocycles. The van der Waals surface area contributed by atoms with Crippen molar-refractivity contribution in [1.82, 2.24) is 4.90 Å². The first-order chi connectivity index (χ1) is 10.4. The van der Waals surface area contributed by atoms with Crippen molar-refractivity contribution in [1.29, 1.82) is 0 Å². The summed E-state index contributed by atoms with van der Waals surface area (Å²) in [5, 5.41) is 0.973. The number of rotatable bonds is 7. The molecule has 0 saturated carbocycles. The molecule has 6 heteroatoms. The van der Waals surface area contributed by atoms with Gasteiger partial charge in [-0.3, -0.25) is 9.59 Å². The van der Waals surface area contributed by atoms with Gasteiger partial charge in [0.15, 0.2) is 0 Å². The largest absolute Gasteiger partial charge is 0.469 e. The smallest absolute Gasteiger partial charge is 0.310 e. The summed E-state index contributed by atoms with van der Waals surface area (Å²) in [5.41, 5.74) is 0.847. The van der Waals surface area contributed by atoms with Crippen LogP contribution < -0.4 is 0 Å². The highest BCUT2D eigenvalue weighted by Crippen LogP contribution is 2.26. The Bertz CT molecular complexity index is 534. The molecule has 122 valence electrons. The standard InChI is InChI=1S/C16H21Cl2NO3/c1-4-19(10-11(2)16(21)22-3)14(20)9-8-12-6-5-7-13(17)15(12)18/h5-7,11H,4,8-10H2,1-3H3. The molecule has 4 nitrogen and oxygen atoms in total. The Morgan fingerprint density at radius 1 is 1.32 bits per heavy atom. The van der Waals surface area contributed by atoms with E-state index in [0.717, 1.165) is 5.56 Å². The number of esters is 1. The third-order valence-electron chi connectivity index (χ3n) is 3.47. The molecule has 0 aromatic heterocycles. The maximum Gasteiger partial charge on any atom is 0.310 e. The van der Waals surface area contributed by atoms with Crippen molar-refractivity contribution in [3.63, 3.8) is 0 Å². The molecule has 0 aliphatic rings. The molecule has 0 radical (unpaired) electrons. The fraction of sp³-hybridized carbons (Fsp3) is 0.500. The number of hydrogen-bond acceptors (Lipinski definition) is 3. The zero-order valence-corrected chi connectivity index (χ0v) is 14.6. The molecule has 0 heterocycles. The van der Waals surface area contributed by atoms with E-state index in [9.17, 15) is 9.59 Å². The highest BCUT2D eigenvalue weighted by Gasteiger charge is 2.20. The van der Waals surface area contributed by atoms with Crippen molar-refractivity contribution in [2.75, 3.05) is 20.2 Å². The average Bonchev–Trinajstić information content (AvgIpc) is 2.52. The Kier molecular flexibility index (Phi) is 7.69. The first-order valence-electron chi connectivity index (χ1n) is 7.19. The second kappa shape index (κ2) is 9.01. The van der Waals surface area contributed by atoms with Crippen molar-refractivity contribution in [3.8, 4) is 0 Å². The number of hydrogen-bond donors (Lipinski definition) is 0. The predicted molar refractivity (Wildman–Crippen MR) is 88.2 cm³/mol. The normalized spacial score (nSPS) is 11.9. The molecule has 1 atom stereocenters. The van der Waals surface area contributed by atoms with Gasteiger partial charge in [-0.2, -0.15) is 0 Å². The van der Waals surface area contributed by atoms with E-state index in [-0.39, 0.29) is 17.8 Å². The fourth-order valence-electron chi connectivity index (χ4n) is 2.15. The molecule has 0 aliphatic carbocycles. The molecule has 0 saturated heterocycles. The van der Waals surface area contributed by atoms with Gasteiger partial charge in [0.25, 0.3) is 0 Å². The molecular weight excluding hydrogens is 325 g/mol. The number of ether oxygens (including phenoxy) is 1. The van der Waals surface area contributed by atoms with Gasteiger partial charge < -0.3 is 9.64 Å². The Labute approximate surface area is 141 Å². The van der Waals surface area contributed by atoms with E-state index in [1.807, 2.05) is 19.1 Å². The highest BCUT2D eigenvalue weighted by atomic mass is 35.5. The minimum atomic E-state index is -0.344. The van der Waals surface area contributed by atoms with Crippen molar-refractivity contribution < 1.29 is 14.3 Å². The van der Waals surface area contributed by atoms with Crippen LogP contribution in [0.3, 0.4) is 0 Å². The van der Waals surface area contributed by atoms with Crippen LogP contribution in [0.1, 0.15) is 25.8 Å². The minimum absolute atomic E-state index is 0.0192. The first kappa shape index (κ1) is 18.8. The summed E-state index contributed by atoms with van der Waals surface area (Å²) in [7, 11) is 1.35.